The maximum atomic E-state index is 12.9. The van der Waals surface area contributed by atoms with Gasteiger partial charge in [0.05, 0.1) is 4.90 Å². The zero-order chi connectivity index (χ0) is 15.5. The van der Waals surface area contributed by atoms with Crippen LogP contribution in [0.4, 0.5) is 5.69 Å². The number of rotatable bonds is 6. The predicted octanol–water partition coefficient (Wildman–Crippen LogP) is 3.01. The summed E-state index contributed by atoms with van der Waals surface area (Å²) < 4.78 is 27.2. The third-order valence-corrected chi connectivity index (χ3v) is 5.26. The van der Waals surface area contributed by atoms with E-state index in [2.05, 4.69) is 6.58 Å². The molecule has 0 aliphatic heterocycles. The summed E-state index contributed by atoms with van der Waals surface area (Å²) in [5, 5.41) is 1.41. The number of anilines is 1. The van der Waals surface area contributed by atoms with Crippen molar-refractivity contribution in [3.05, 3.63) is 49.1 Å². The highest BCUT2D eigenvalue weighted by atomic mass is 32.2. The van der Waals surface area contributed by atoms with Gasteiger partial charge in [0.25, 0.3) is 0 Å². The molecule has 0 unspecified atom stereocenters. The molecule has 2 N–H and O–H groups in total. The zero-order valence-electron chi connectivity index (χ0n) is 12.1. The molecule has 2 aromatic carbocycles. The maximum Gasteiger partial charge on any atom is 0.243 e. The first-order valence-electron chi connectivity index (χ1n) is 6.90. The van der Waals surface area contributed by atoms with Gasteiger partial charge >= 0.3 is 0 Å². The van der Waals surface area contributed by atoms with Crippen molar-refractivity contribution >= 4 is 26.5 Å². The van der Waals surface area contributed by atoms with Gasteiger partial charge in [-0.2, -0.15) is 4.31 Å². The van der Waals surface area contributed by atoms with Crippen LogP contribution in [-0.2, 0) is 10.0 Å². The molecular weight excluding hydrogens is 284 g/mol. The van der Waals surface area contributed by atoms with Crippen LogP contribution in [0.15, 0.2) is 53.9 Å². The fraction of sp³-hybridized carbons (Fsp3) is 0.250. The fourth-order valence-electron chi connectivity index (χ4n) is 2.36. The molecule has 112 valence electrons. The van der Waals surface area contributed by atoms with Gasteiger partial charge in [-0.1, -0.05) is 37.3 Å². The molecule has 0 heterocycles. The van der Waals surface area contributed by atoms with Gasteiger partial charge in [-0.05, 0) is 18.6 Å². The van der Waals surface area contributed by atoms with Gasteiger partial charge < -0.3 is 5.73 Å². The van der Waals surface area contributed by atoms with Gasteiger partial charge in [0, 0.05) is 29.5 Å². The first kappa shape index (κ1) is 15.5. The van der Waals surface area contributed by atoms with Crippen molar-refractivity contribution in [2.45, 2.75) is 18.2 Å². The highest BCUT2D eigenvalue weighted by Gasteiger charge is 2.25. The van der Waals surface area contributed by atoms with Crippen molar-refractivity contribution < 1.29 is 8.42 Å². The van der Waals surface area contributed by atoms with Crippen LogP contribution < -0.4 is 5.73 Å². The number of benzene rings is 2. The molecule has 4 nitrogen and oxygen atoms in total. The molecule has 2 aromatic rings. The smallest absolute Gasteiger partial charge is 0.243 e. The molecular formula is C16H20N2O2S. The lowest BCUT2D eigenvalue weighted by atomic mass is 10.1. The standard InChI is InChI=1S/C16H20N2O2S/c1-3-11-18(12-4-2)21(19,20)16-10-9-15(17)13-7-5-6-8-14(13)16/h3,5-10H,1,4,11-12,17H2,2H3. The van der Waals surface area contributed by atoms with E-state index in [0.717, 1.165) is 11.8 Å². The van der Waals surface area contributed by atoms with Crippen LogP contribution >= 0.6 is 0 Å². The Bertz CT molecular complexity index is 754. The molecule has 0 radical (unpaired) electrons. The third-order valence-electron chi connectivity index (χ3n) is 3.34. The molecule has 0 spiro atoms. The number of nitrogens with two attached hydrogens (primary N) is 1. The summed E-state index contributed by atoms with van der Waals surface area (Å²) in [6, 6.07) is 10.5. The monoisotopic (exact) mass is 304 g/mol. The molecule has 0 fully saturated rings. The average Bonchev–Trinajstić information content (AvgIpc) is 2.47. The summed E-state index contributed by atoms with van der Waals surface area (Å²) in [5.74, 6) is 0. The summed E-state index contributed by atoms with van der Waals surface area (Å²) in [4.78, 5) is 0.294. The Labute approximate surface area is 125 Å². The molecule has 21 heavy (non-hydrogen) atoms. The number of hydrogen-bond donors (Lipinski definition) is 1. The van der Waals surface area contributed by atoms with Crippen LogP contribution in [-0.4, -0.2) is 25.8 Å². The molecule has 0 saturated carbocycles. The van der Waals surface area contributed by atoms with Gasteiger partial charge in [0.15, 0.2) is 0 Å². The molecule has 0 saturated heterocycles. The normalized spacial score (nSPS) is 11.9. The Morgan fingerprint density at radius 2 is 1.86 bits per heavy atom. The van der Waals surface area contributed by atoms with Gasteiger partial charge in [0.2, 0.25) is 10.0 Å². The van der Waals surface area contributed by atoms with E-state index in [1.54, 1.807) is 24.3 Å². The van der Waals surface area contributed by atoms with Crippen molar-refractivity contribution in [3.8, 4) is 0 Å². The SMILES string of the molecule is C=CCN(CCC)S(=O)(=O)c1ccc(N)c2ccccc12. The summed E-state index contributed by atoms with van der Waals surface area (Å²) in [7, 11) is -3.56. The van der Waals surface area contributed by atoms with Crippen molar-refractivity contribution in [2.24, 2.45) is 0 Å². The van der Waals surface area contributed by atoms with Crippen molar-refractivity contribution in [1.82, 2.24) is 4.31 Å². The minimum atomic E-state index is -3.56. The lowest BCUT2D eigenvalue weighted by molar-refractivity contribution is 0.442. The van der Waals surface area contributed by atoms with Crippen molar-refractivity contribution in [3.63, 3.8) is 0 Å². The Morgan fingerprint density at radius 3 is 2.48 bits per heavy atom. The summed E-state index contributed by atoms with van der Waals surface area (Å²) in [6.07, 6.45) is 2.35. The first-order valence-corrected chi connectivity index (χ1v) is 8.34. The summed E-state index contributed by atoms with van der Waals surface area (Å²) in [6.45, 7) is 6.36. The zero-order valence-corrected chi connectivity index (χ0v) is 12.9. The summed E-state index contributed by atoms with van der Waals surface area (Å²) in [5.41, 5.74) is 6.52. The quantitative estimate of drug-likeness (QED) is 0.659. The number of nitrogens with zero attached hydrogens (tertiary/aromatic N) is 1. The van der Waals surface area contributed by atoms with Gasteiger partial charge in [-0.25, -0.2) is 8.42 Å². The molecule has 5 heteroatoms. The van der Waals surface area contributed by atoms with E-state index < -0.39 is 10.0 Å². The van der Waals surface area contributed by atoms with E-state index in [1.807, 2.05) is 25.1 Å². The fourth-order valence-corrected chi connectivity index (χ4v) is 4.06. The predicted molar refractivity (Wildman–Crippen MR) is 87.6 cm³/mol. The number of hydrogen-bond acceptors (Lipinski definition) is 3. The lowest BCUT2D eigenvalue weighted by Crippen LogP contribution is -2.32. The largest absolute Gasteiger partial charge is 0.398 e. The molecule has 0 aromatic heterocycles. The molecule has 0 atom stereocenters. The average molecular weight is 304 g/mol. The van der Waals surface area contributed by atoms with E-state index in [1.165, 1.54) is 4.31 Å². The van der Waals surface area contributed by atoms with E-state index in [4.69, 9.17) is 5.73 Å². The van der Waals surface area contributed by atoms with E-state index in [-0.39, 0.29) is 0 Å². The minimum absolute atomic E-state index is 0.294. The van der Waals surface area contributed by atoms with Crippen LogP contribution in [0.2, 0.25) is 0 Å². The molecule has 2 rings (SSSR count). The van der Waals surface area contributed by atoms with Crippen LogP contribution in [0.3, 0.4) is 0 Å². The second-order valence-electron chi connectivity index (χ2n) is 4.85. The van der Waals surface area contributed by atoms with Crippen LogP contribution in [0.25, 0.3) is 10.8 Å². The van der Waals surface area contributed by atoms with Crippen LogP contribution in [0, 0.1) is 0 Å². The Balaban J connectivity index is 2.64. The van der Waals surface area contributed by atoms with E-state index in [9.17, 15) is 8.42 Å². The highest BCUT2D eigenvalue weighted by molar-refractivity contribution is 7.89. The van der Waals surface area contributed by atoms with Crippen LogP contribution in [0.5, 0.6) is 0 Å². The van der Waals surface area contributed by atoms with Crippen molar-refractivity contribution in [1.29, 1.82) is 0 Å². The topological polar surface area (TPSA) is 63.4 Å². The Kier molecular flexibility index (Phi) is 4.65. The van der Waals surface area contributed by atoms with Gasteiger partial charge in [0.1, 0.15) is 0 Å². The van der Waals surface area contributed by atoms with Crippen molar-refractivity contribution in [2.75, 3.05) is 18.8 Å². The Hall–Kier alpha value is -1.85. The first-order chi connectivity index (χ1) is 10.0. The number of sulfonamides is 1. The maximum absolute atomic E-state index is 12.9. The lowest BCUT2D eigenvalue weighted by Gasteiger charge is -2.21. The van der Waals surface area contributed by atoms with Crippen LogP contribution in [0.1, 0.15) is 13.3 Å². The second-order valence-corrected chi connectivity index (χ2v) is 6.76. The molecule has 0 amide bonds. The number of fused-ring (bicyclic) bond motifs is 1. The van der Waals surface area contributed by atoms with E-state index in [0.29, 0.717) is 29.1 Å². The van der Waals surface area contributed by atoms with Gasteiger partial charge in [-0.3, -0.25) is 0 Å². The second kappa shape index (κ2) is 6.28. The minimum Gasteiger partial charge on any atom is -0.398 e. The molecule has 0 aliphatic rings. The third kappa shape index (κ3) is 2.94. The van der Waals surface area contributed by atoms with E-state index >= 15 is 0 Å². The number of nitrogen functional groups attached to an aromatic ring is 1. The van der Waals surface area contributed by atoms with Gasteiger partial charge in [-0.15, -0.1) is 6.58 Å². The summed E-state index contributed by atoms with van der Waals surface area (Å²) >= 11 is 0. The molecule has 0 bridgehead atoms. The molecule has 0 aliphatic carbocycles. The highest BCUT2D eigenvalue weighted by Crippen LogP contribution is 2.29. The Morgan fingerprint density at radius 1 is 1.19 bits per heavy atom.